The lowest BCUT2D eigenvalue weighted by molar-refractivity contribution is 0.104. The molecule has 0 unspecified atom stereocenters. The summed E-state index contributed by atoms with van der Waals surface area (Å²) in [6.45, 7) is 3.64. The predicted octanol–water partition coefficient (Wildman–Crippen LogP) is 0.956. The summed E-state index contributed by atoms with van der Waals surface area (Å²) in [4.78, 5) is 13.2. The Labute approximate surface area is 79.0 Å². The molecule has 0 aliphatic heterocycles. The number of rotatable bonds is 5. The maximum absolute atomic E-state index is 11.4. The summed E-state index contributed by atoms with van der Waals surface area (Å²) in [6, 6.07) is 0.422. The fourth-order valence-corrected chi connectivity index (χ4v) is 1.28. The number of carbonyl (C=O) groups is 1. The van der Waals surface area contributed by atoms with E-state index < -0.39 is 0 Å². The highest BCUT2D eigenvalue weighted by atomic mass is 16.6. The molecule has 0 bridgehead atoms. The molecule has 0 saturated heterocycles. The number of hydrogen-bond donors (Lipinski definition) is 1. The summed E-state index contributed by atoms with van der Waals surface area (Å²) in [6.07, 6.45) is 2.90. The minimum absolute atomic E-state index is 0.182. The molecule has 1 aliphatic carbocycles. The molecule has 76 valence electrons. The maximum atomic E-state index is 11.4. The van der Waals surface area contributed by atoms with Gasteiger partial charge in [-0.3, -0.25) is 0 Å². The van der Waals surface area contributed by atoms with Crippen molar-refractivity contribution in [2.75, 3.05) is 19.7 Å². The number of nitrogens with zero attached hydrogens (tertiary/aromatic N) is 1. The second-order valence-electron chi connectivity index (χ2n) is 3.27. The van der Waals surface area contributed by atoms with E-state index in [1.165, 1.54) is 0 Å². The quantitative estimate of drug-likeness (QED) is 0.695. The molecule has 0 spiro atoms. The van der Waals surface area contributed by atoms with Gasteiger partial charge in [0.05, 0.1) is 6.61 Å². The Morgan fingerprint density at radius 2 is 2.31 bits per heavy atom. The Morgan fingerprint density at radius 1 is 1.62 bits per heavy atom. The molecule has 0 radical (unpaired) electrons. The second-order valence-corrected chi connectivity index (χ2v) is 3.27. The summed E-state index contributed by atoms with van der Waals surface area (Å²) >= 11 is 0. The number of amides is 1. The van der Waals surface area contributed by atoms with E-state index in [9.17, 15) is 4.79 Å². The molecule has 2 N–H and O–H groups in total. The van der Waals surface area contributed by atoms with E-state index in [1.807, 2.05) is 6.92 Å². The van der Waals surface area contributed by atoms with E-state index >= 15 is 0 Å². The Balaban J connectivity index is 2.32. The van der Waals surface area contributed by atoms with Gasteiger partial charge in [-0.25, -0.2) is 4.79 Å². The van der Waals surface area contributed by atoms with Crippen molar-refractivity contribution >= 4 is 6.09 Å². The third kappa shape index (κ3) is 3.22. The van der Waals surface area contributed by atoms with E-state index in [0.717, 1.165) is 25.8 Å². The Hall–Kier alpha value is -0.770. The normalized spacial score (nSPS) is 15.5. The molecule has 4 nitrogen and oxygen atoms in total. The van der Waals surface area contributed by atoms with Gasteiger partial charge in [0, 0.05) is 12.6 Å². The molecule has 1 fully saturated rings. The molecule has 0 aromatic heterocycles. The minimum Gasteiger partial charge on any atom is -0.450 e. The van der Waals surface area contributed by atoms with Gasteiger partial charge in [-0.2, -0.15) is 0 Å². The van der Waals surface area contributed by atoms with Crippen LogP contribution in [-0.4, -0.2) is 36.7 Å². The molecule has 0 aromatic rings. The summed E-state index contributed by atoms with van der Waals surface area (Å²) in [5, 5.41) is 0. The van der Waals surface area contributed by atoms with Crippen LogP contribution < -0.4 is 5.73 Å². The lowest BCUT2D eigenvalue weighted by Crippen LogP contribution is -2.35. The minimum atomic E-state index is -0.182. The third-order valence-corrected chi connectivity index (χ3v) is 2.09. The number of ether oxygens (including phenoxy) is 1. The Morgan fingerprint density at radius 3 is 2.77 bits per heavy atom. The van der Waals surface area contributed by atoms with Gasteiger partial charge in [-0.1, -0.05) is 0 Å². The highest BCUT2D eigenvalue weighted by molar-refractivity contribution is 5.68. The van der Waals surface area contributed by atoms with E-state index in [-0.39, 0.29) is 6.09 Å². The number of carbonyl (C=O) groups excluding carboxylic acids is 1. The molecule has 13 heavy (non-hydrogen) atoms. The lowest BCUT2D eigenvalue weighted by atomic mass is 10.4. The van der Waals surface area contributed by atoms with Crippen LogP contribution in [0.15, 0.2) is 0 Å². The van der Waals surface area contributed by atoms with Crippen molar-refractivity contribution in [2.45, 2.75) is 32.2 Å². The maximum Gasteiger partial charge on any atom is 0.409 e. The van der Waals surface area contributed by atoms with Gasteiger partial charge < -0.3 is 15.4 Å². The van der Waals surface area contributed by atoms with Crippen molar-refractivity contribution in [3.8, 4) is 0 Å². The molecule has 1 aliphatic rings. The van der Waals surface area contributed by atoms with Gasteiger partial charge in [0.1, 0.15) is 0 Å². The monoisotopic (exact) mass is 186 g/mol. The van der Waals surface area contributed by atoms with Gasteiger partial charge in [-0.05, 0) is 32.7 Å². The topological polar surface area (TPSA) is 55.6 Å². The first-order valence-electron chi connectivity index (χ1n) is 4.93. The first-order valence-corrected chi connectivity index (χ1v) is 4.93. The average molecular weight is 186 g/mol. The standard InChI is InChI=1S/C9H18N2O2/c1-2-13-9(12)11(7-3-6-10)8-4-5-8/h8H,2-7,10H2,1H3. The lowest BCUT2D eigenvalue weighted by Gasteiger charge is -2.20. The molecule has 4 heteroatoms. The zero-order chi connectivity index (χ0) is 9.68. The van der Waals surface area contributed by atoms with E-state index in [1.54, 1.807) is 4.90 Å². The smallest absolute Gasteiger partial charge is 0.409 e. The van der Waals surface area contributed by atoms with E-state index in [0.29, 0.717) is 19.2 Å². The molecule has 1 rings (SSSR count). The summed E-state index contributed by atoms with van der Waals surface area (Å²) in [5.41, 5.74) is 5.39. The molecule has 0 aromatic carbocycles. The third-order valence-electron chi connectivity index (χ3n) is 2.09. The second kappa shape index (κ2) is 5.07. The molecular formula is C9H18N2O2. The van der Waals surface area contributed by atoms with Crippen molar-refractivity contribution in [2.24, 2.45) is 5.73 Å². The molecule has 0 heterocycles. The highest BCUT2D eigenvalue weighted by Gasteiger charge is 2.32. The van der Waals surface area contributed by atoms with Gasteiger partial charge in [0.25, 0.3) is 0 Å². The van der Waals surface area contributed by atoms with Crippen molar-refractivity contribution in [1.82, 2.24) is 4.90 Å². The fraction of sp³-hybridized carbons (Fsp3) is 0.889. The molecule has 0 atom stereocenters. The predicted molar refractivity (Wildman–Crippen MR) is 50.4 cm³/mol. The summed E-state index contributed by atoms with van der Waals surface area (Å²) in [5.74, 6) is 0. The first-order chi connectivity index (χ1) is 6.29. The van der Waals surface area contributed by atoms with Crippen LogP contribution in [0.4, 0.5) is 4.79 Å². The molecular weight excluding hydrogens is 168 g/mol. The largest absolute Gasteiger partial charge is 0.450 e. The zero-order valence-corrected chi connectivity index (χ0v) is 8.16. The Bertz CT molecular complexity index is 169. The highest BCUT2D eigenvalue weighted by Crippen LogP contribution is 2.27. The van der Waals surface area contributed by atoms with Gasteiger partial charge in [0.15, 0.2) is 0 Å². The van der Waals surface area contributed by atoms with Crippen LogP contribution in [0.25, 0.3) is 0 Å². The zero-order valence-electron chi connectivity index (χ0n) is 8.16. The fourth-order valence-electron chi connectivity index (χ4n) is 1.28. The number of hydrogen-bond acceptors (Lipinski definition) is 3. The van der Waals surface area contributed by atoms with Gasteiger partial charge in [-0.15, -0.1) is 0 Å². The average Bonchev–Trinajstić information content (AvgIpc) is 2.89. The summed E-state index contributed by atoms with van der Waals surface area (Å²) in [7, 11) is 0. The van der Waals surface area contributed by atoms with E-state index in [4.69, 9.17) is 10.5 Å². The van der Waals surface area contributed by atoms with Crippen molar-refractivity contribution in [3.63, 3.8) is 0 Å². The van der Waals surface area contributed by atoms with Crippen LogP contribution in [-0.2, 0) is 4.74 Å². The van der Waals surface area contributed by atoms with Gasteiger partial charge in [0.2, 0.25) is 0 Å². The van der Waals surface area contributed by atoms with Crippen LogP contribution in [0.3, 0.4) is 0 Å². The number of nitrogens with two attached hydrogens (primary N) is 1. The van der Waals surface area contributed by atoms with Crippen LogP contribution in [0.2, 0.25) is 0 Å². The van der Waals surface area contributed by atoms with Crippen molar-refractivity contribution in [1.29, 1.82) is 0 Å². The van der Waals surface area contributed by atoms with Crippen molar-refractivity contribution < 1.29 is 9.53 Å². The summed E-state index contributed by atoms with van der Waals surface area (Å²) < 4.78 is 4.95. The van der Waals surface area contributed by atoms with Crippen molar-refractivity contribution in [3.05, 3.63) is 0 Å². The SMILES string of the molecule is CCOC(=O)N(CCCN)C1CC1. The van der Waals surface area contributed by atoms with Gasteiger partial charge >= 0.3 is 6.09 Å². The Kier molecular flexibility index (Phi) is 4.02. The van der Waals surface area contributed by atoms with Crippen LogP contribution >= 0.6 is 0 Å². The molecule has 1 amide bonds. The van der Waals surface area contributed by atoms with Crippen LogP contribution in [0.1, 0.15) is 26.2 Å². The first kappa shape index (κ1) is 10.3. The van der Waals surface area contributed by atoms with Crippen LogP contribution in [0, 0.1) is 0 Å². The van der Waals surface area contributed by atoms with E-state index in [2.05, 4.69) is 0 Å². The van der Waals surface area contributed by atoms with Crippen LogP contribution in [0.5, 0.6) is 0 Å². The molecule has 1 saturated carbocycles.